The standard InChI is InChI=1S/C14H20N4O/c1-4-10(8-15)14(19)18(3)11-5-6-12-13(7-11)17-9(2)16-12/h5-7,10H,4,8,15H2,1-3H3,(H,16,17). The Morgan fingerprint density at radius 1 is 1.53 bits per heavy atom. The molecule has 1 unspecified atom stereocenters. The molecule has 1 amide bonds. The predicted octanol–water partition coefficient (Wildman–Crippen LogP) is 1.82. The molecule has 0 bridgehead atoms. The highest BCUT2D eigenvalue weighted by Gasteiger charge is 2.20. The van der Waals surface area contributed by atoms with E-state index in [0.717, 1.165) is 29.0 Å². The first-order valence-electron chi connectivity index (χ1n) is 6.50. The van der Waals surface area contributed by atoms with Crippen LogP contribution in [-0.2, 0) is 4.79 Å². The van der Waals surface area contributed by atoms with Crippen molar-refractivity contribution in [1.82, 2.24) is 9.97 Å². The number of aromatic amines is 1. The number of anilines is 1. The molecule has 2 rings (SSSR count). The fraction of sp³-hybridized carbons (Fsp3) is 0.429. The minimum Gasteiger partial charge on any atom is -0.342 e. The number of carbonyl (C=O) groups is 1. The molecule has 5 heteroatoms. The third kappa shape index (κ3) is 2.61. The second kappa shape index (κ2) is 5.40. The number of hydrogen-bond donors (Lipinski definition) is 2. The molecule has 0 radical (unpaired) electrons. The van der Waals surface area contributed by atoms with Gasteiger partial charge in [-0.25, -0.2) is 4.98 Å². The van der Waals surface area contributed by atoms with Crippen molar-refractivity contribution in [3.63, 3.8) is 0 Å². The van der Waals surface area contributed by atoms with Crippen LogP contribution < -0.4 is 10.6 Å². The number of nitrogens with zero attached hydrogens (tertiary/aromatic N) is 2. The average molecular weight is 260 g/mol. The van der Waals surface area contributed by atoms with Crippen LogP contribution in [0.3, 0.4) is 0 Å². The molecule has 5 nitrogen and oxygen atoms in total. The molecule has 0 aliphatic rings. The molecule has 0 saturated carbocycles. The van der Waals surface area contributed by atoms with Gasteiger partial charge in [-0.1, -0.05) is 6.92 Å². The molecule has 3 N–H and O–H groups in total. The van der Waals surface area contributed by atoms with Crippen molar-refractivity contribution in [2.45, 2.75) is 20.3 Å². The summed E-state index contributed by atoms with van der Waals surface area (Å²) in [7, 11) is 1.78. The number of nitrogens with one attached hydrogen (secondary N) is 1. The number of fused-ring (bicyclic) bond motifs is 1. The van der Waals surface area contributed by atoms with Crippen molar-refractivity contribution in [3.05, 3.63) is 24.0 Å². The van der Waals surface area contributed by atoms with Crippen LogP contribution in [0.1, 0.15) is 19.2 Å². The Kier molecular flexibility index (Phi) is 3.85. The van der Waals surface area contributed by atoms with Crippen LogP contribution in [0.2, 0.25) is 0 Å². The molecule has 0 saturated heterocycles. The topological polar surface area (TPSA) is 75.0 Å². The Morgan fingerprint density at radius 2 is 2.26 bits per heavy atom. The Hall–Kier alpha value is -1.88. The second-order valence-electron chi connectivity index (χ2n) is 4.76. The van der Waals surface area contributed by atoms with Crippen molar-refractivity contribution in [1.29, 1.82) is 0 Å². The number of H-pyrrole nitrogens is 1. The largest absolute Gasteiger partial charge is 0.342 e. The van der Waals surface area contributed by atoms with Gasteiger partial charge in [0.25, 0.3) is 0 Å². The highest BCUT2D eigenvalue weighted by molar-refractivity contribution is 5.96. The number of aryl methyl sites for hydroxylation is 1. The van der Waals surface area contributed by atoms with Gasteiger partial charge in [0, 0.05) is 19.3 Å². The third-order valence-electron chi connectivity index (χ3n) is 3.43. The van der Waals surface area contributed by atoms with E-state index < -0.39 is 0 Å². The van der Waals surface area contributed by atoms with E-state index in [0.29, 0.717) is 6.54 Å². The molecule has 19 heavy (non-hydrogen) atoms. The molecule has 0 aliphatic carbocycles. The predicted molar refractivity (Wildman–Crippen MR) is 77.1 cm³/mol. The highest BCUT2D eigenvalue weighted by atomic mass is 16.2. The fourth-order valence-electron chi connectivity index (χ4n) is 2.18. The van der Waals surface area contributed by atoms with E-state index in [4.69, 9.17) is 5.73 Å². The van der Waals surface area contributed by atoms with E-state index in [9.17, 15) is 4.79 Å². The zero-order valence-corrected chi connectivity index (χ0v) is 11.6. The average Bonchev–Trinajstić information content (AvgIpc) is 2.78. The summed E-state index contributed by atoms with van der Waals surface area (Å²) in [5, 5.41) is 0. The maximum Gasteiger partial charge on any atom is 0.231 e. The van der Waals surface area contributed by atoms with Crippen molar-refractivity contribution in [2.75, 3.05) is 18.5 Å². The zero-order chi connectivity index (χ0) is 14.0. The van der Waals surface area contributed by atoms with Crippen molar-refractivity contribution >= 4 is 22.6 Å². The summed E-state index contributed by atoms with van der Waals surface area (Å²) in [6.45, 7) is 4.27. The first kappa shape index (κ1) is 13.5. The van der Waals surface area contributed by atoms with Crippen molar-refractivity contribution in [3.8, 4) is 0 Å². The molecule has 2 aromatic rings. The molecule has 0 spiro atoms. The summed E-state index contributed by atoms with van der Waals surface area (Å²) in [6.07, 6.45) is 0.755. The smallest absolute Gasteiger partial charge is 0.231 e. The van der Waals surface area contributed by atoms with Gasteiger partial charge in [-0.15, -0.1) is 0 Å². The molecule has 1 aromatic carbocycles. The number of carbonyl (C=O) groups excluding carboxylic acids is 1. The lowest BCUT2D eigenvalue weighted by molar-refractivity contribution is -0.121. The molecule has 1 atom stereocenters. The van der Waals surface area contributed by atoms with Gasteiger partial charge >= 0.3 is 0 Å². The van der Waals surface area contributed by atoms with Crippen molar-refractivity contribution < 1.29 is 4.79 Å². The van der Waals surface area contributed by atoms with Gasteiger partial charge in [0.15, 0.2) is 0 Å². The fourth-order valence-corrected chi connectivity index (χ4v) is 2.18. The maximum absolute atomic E-state index is 12.3. The highest BCUT2D eigenvalue weighted by Crippen LogP contribution is 2.21. The third-order valence-corrected chi connectivity index (χ3v) is 3.43. The maximum atomic E-state index is 12.3. The lowest BCUT2D eigenvalue weighted by atomic mass is 10.1. The van der Waals surface area contributed by atoms with Gasteiger partial charge < -0.3 is 15.6 Å². The van der Waals surface area contributed by atoms with E-state index in [-0.39, 0.29) is 11.8 Å². The number of benzene rings is 1. The first-order chi connectivity index (χ1) is 9.06. The normalized spacial score (nSPS) is 12.6. The lowest BCUT2D eigenvalue weighted by Crippen LogP contribution is -2.36. The van der Waals surface area contributed by atoms with E-state index in [1.807, 2.05) is 32.0 Å². The Morgan fingerprint density at radius 3 is 2.89 bits per heavy atom. The van der Waals surface area contributed by atoms with Crippen molar-refractivity contribution in [2.24, 2.45) is 11.7 Å². The van der Waals surface area contributed by atoms with Gasteiger partial charge in [0.2, 0.25) is 5.91 Å². The summed E-state index contributed by atoms with van der Waals surface area (Å²) < 4.78 is 0. The van der Waals surface area contributed by atoms with Crippen LogP contribution in [0.25, 0.3) is 11.0 Å². The zero-order valence-electron chi connectivity index (χ0n) is 11.6. The summed E-state index contributed by atoms with van der Waals surface area (Å²) in [5.74, 6) is 0.805. The first-order valence-corrected chi connectivity index (χ1v) is 6.50. The van der Waals surface area contributed by atoms with Gasteiger partial charge in [-0.05, 0) is 31.5 Å². The number of rotatable bonds is 4. The van der Waals surface area contributed by atoms with Crippen LogP contribution in [0.5, 0.6) is 0 Å². The van der Waals surface area contributed by atoms with Gasteiger partial charge in [0.1, 0.15) is 5.82 Å². The van der Waals surface area contributed by atoms with Crippen LogP contribution in [-0.4, -0.2) is 29.5 Å². The quantitative estimate of drug-likeness (QED) is 0.880. The van der Waals surface area contributed by atoms with E-state index >= 15 is 0 Å². The molecule has 1 aromatic heterocycles. The Labute approximate surface area is 112 Å². The molecule has 0 fully saturated rings. The number of nitrogens with two attached hydrogens (primary N) is 1. The summed E-state index contributed by atoms with van der Waals surface area (Å²) in [6, 6.07) is 5.77. The van der Waals surface area contributed by atoms with Crippen LogP contribution in [0.4, 0.5) is 5.69 Å². The van der Waals surface area contributed by atoms with Crippen LogP contribution >= 0.6 is 0 Å². The van der Waals surface area contributed by atoms with Gasteiger partial charge in [-0.2, -0.15) is 0 Å². The molecule has 0 aliphatic heterocycles. The minimum absolute atomic E-state index is 0.0561. The van der Waals surface area contributed by atoms with Gasteiger partial charge in [-0.3, -0.25) is 4.79 Å². The SMILES string of the molecule is CCC(CN)C(=O)N(C)c1ccc2nc(C)[nH]c2c1. The number of imidazole rings is 1. The van der Waals surface area contributed by atoms with E-state index in [1.165, 1.54) is 0 Å². The second-order valence-corrected chi connectivity index (χ2v) is 4.76. The molecule has 1 heterocycles. The van der Waals surface area contributed by atoms with E-state index in [1.54, 1.807) is 11.9 Å². The Bertz CT molecular complexity index is 586. The summed E-state index contributed by atoms with van der Waals surface area (Å²) in [5.41, 5.74) is 8.34. The lowest BCUT2D eigenvalue weighted by Gasteiger charge is -2.22. The number of aromatic nitrogens is 2. The molecule has 102 valence electrons. The summed E-state index contributed by atoms with van der Waals surface area (Å²) >= 11 is 0. The Balaban J connectivity index is 2.30. The van der Waals surface area contributed by atoms with Gasteiger partial charge in [0.05, 0.1) is 17.0 Å². The minimum atomic E-state index is -0.121. The van der Waals surface area contributed by atoms with Crippen LogP contribution in [0, 0.1) is 12.8 Å². The summed E-state index contributed by atoms with van der Waals surface area (Å²) in [4.78, 5) is 21.5. The monoisotopic (exact) mass is 260 g/mol. The van der Waals surface area contributed by atoms with E-state index in [2.05, 4.69) is 9.97 Å². The van der Waals surface area contributed by atoms with Crippen LogP contribution in [0.15, 0.2) is 18.2 Å². The number of hydrogen-bond acceptors (Lipinski definition) is 3. The molecular formula is C14H20N4O. The number of amides is 1. The molecular weight excluding hydrogens is 240 g/mol.